The van der Waals surface area contributed by atoms with Gasteiger partial charge in [-0.3, -0.25) is 9.69 Å². The van der Waals surface area contributed by atoms with Crippen LogP contribution in [0.15, 0.2) is 24.4 Å². The Morgan fingerprint density at radius 2 is 1.49 bits per heavy atom. The quantitative estimate of drug-likeness (QED) is 0.492. The second-order valence-electron chi connectivity index (χ2n) is 8.68. The Bertz CT molecular complexity index is 791. The molecule has 0 bridgehead atoms. The Hall–Kier alpha value is -2.17. The van der Waals surface area contributed by atoms with Crippen LogP contribution < -0.4 is 10.5 Å². The molecular weight excluding hydrogens is 494 g/mol. The minimum absolute atomic E-state index is 0.250. The molecule has 0 atom stereocenters. The van der Waals surface area contributed by atoms with Gasteiger partial charge in [-0.2, -0.15) is 0 Å². The number of fused-ring (bicyclic) bond motifs is 1. The van der Waals surface area contributed by atoms with Gasteiger partial charge < -0.3 is 34.3 Å². The predicted molar refractivity (Wildman–Crippen MR) is 168 cm³/mol. The van der Waals surface area contributed by atoms with Crippen LogP contribution in [-0.4, -0.2) is 121 Å². The summed E-state index contributed by atoms with van der Waals surface area (Å²) in [7, 11) is 13.3. The molecule has 9 heteroatoms. The number of amides is 1. The average Bonchev–Trinajstić information content (AvgIpc) is 3.31. The minimum atomic E-state index is 0.250. The van der Waals surface area contributed by atoms with Crippen LogP contribution in [0.3, 0.4) is 0 Å². The highest BCUT2D eigenvalue weighted by molar-refractivity contribution is 5.85. The molecule has 39 heavy (non-hydrogen) atoms. The maximum absolute atomic E-state index is 8.58. The molecule has 3 rings (SSSR count). The molecule has 0 radical (unpaired) electrons. The smallest absolute Gasteiger partial charge is 0.204 e. The molecule has 230 valence electrons. The van der Waals surface area contributed by atoms with E-state index in [0.717, 1.165) is 64.7 Å². The van der Waals surface area contributed by atoms with Gasteiger partial charge in [0.15, 0.2) is 0 Å². The molecule has 1 amide bonds. The first-order chi connectivity index (χ1) is 18.8. The van der Waals surface area contributed by atoms with Crippen molar-refractivity contribution in [3.8, 4) is 5.75 Å². The maximum Gasteiger partial charge on any atom is 0.204 e. The van der Waals surface area contributed by atoms with Gasteiger partial charge in [0, 0.05) is 64.0 Å². The van der Waals surface area contributed by atoms with E-state index in [2.05, 4.69) is 89.2 Å². The lowest BCUT2D eigenvalue weighted by Gasteiger charge is -2.26. The van der Waals surface area contributed by atoms with E-state index in [4.69, 9.17) is 14.3 Å². The fourth-order valence-corrected chi connectivity index (χ4v) is 3.28. The number of methoxy groups -OCH3 is 2. The van der Waals surface area contributed by atoms with Crippen LogP contribution in [0.4, 0.5) is 0 Å². The molecule has 2 N–H and O–H groups in total. The summed E-state index contributed by atoms with van der Waals surface area (Å²) in [4.78, 5) is 15.4. The third kappa shape index (κ3) is 20.4. The van der Waals surface area contributed by atoms with Gasteiger partial charge in [-0.1, -0.05) is 34.6 Å². The molecular formula is C30H61N5O4. The van der Waals surface area contributed by atoms with Crippen molar-refractivity contribution in [2.75, 3.05) is 95.5 Å². The number of benzene rings is 1. The van der Waals surface area contributed by atoms with Crippen LogP contribution in [0.5, 0.6) is 5.75 Å². The monoisotopic (exact) mass is 555 g/mol. The SMILES string of the molecule is CC.CC.CCN(C)C.COC.COc1ccc2c(c1)c(CCN(C)C)cn2CCN1CCOCC1.NC=O. The van der Waals surface area contributed by atoms with Crippen LogP contribution in [0.25, 0.3) is 10.9 Å². The van der Waals surface area contributed by atoms with E-state index in [-0.39, 0.29) is 6.41 Å². The summed E-state index contributed by atoms with van der Waals surface area (Å²) in [5, 5.41) is 1.32. The van der Waals surface area contributed by atoms with Crippen molar-refractivity contribution in [1.29, 1.82) is 0 Å². The van der Waals surface area contributed by atoms with Crippen LogP contribution in [0.1, 0.15) is 40.2 Å². The molecule has 9 nitrogen and oxygen atoms in total. The number of carbonyl (C=O) groups excluding carboxylic acids is 1. The van der Waals surface area contributed by atoms with E-state index in [1.54, 1.807) is 21.3 Å². The van der Waals surface area contributed by atoms with Gasteiger partial charge in [0.2, 0.25) is 6.41 Å². The number of morpholine rings is 1. The van der Waals surface area contributed by atoms with E-state index in [0.29, 0.717) is 0 Å². The lowest BCUT2D eigenvalue weighted by atomic mass is 10.1. The van der Waals surface area contributed by atoms with Crippen molar-refractivity contribution in [3.63, 3.8) is 0 Å². The Morgan fingerprint density at radius 3 is 1.92 bits per heavy atom. The second-order valence-corrected chi connectivity index (χ2v) is 8.68. The van der Waals surface area contributed by atoms with E-state index in [1.807, 2.05) is 27.7 Å². The molecule has 1 aromatic heterocycles. The van der Waals surface area contributed by atoms with Gasteiger partial charge in [-0.15, -0.1) is 0 Å². The van der Waals surface area contributed by atoms with Gasteiger partial charge in [0.05, 0.1) is 20.3 Å². The third-order valence-corrected chi connectivity index (χ3v) is 5.39. The number of hydrogen-bond acceptors (Lipinski definition) is 7. The lowest BCUT2D eigenvalue weighted by Crippen LogP contribution is -2.38. The summed E-state index contributed by atoms with van der Waals surface area (Å²) < 4.78 is 17.5. The Balaban J connectivity index is -0.000000726. The first-order valence-electron chi connectivity index (χ1n) is 14.1. The van der Waals surface area contributed by atoms with Crippen molar-refractivity contribution in [2.24, 2.45) is 5.73 Å². The summed E-state index contributed by atoms with van der Waals surface area (Å²) in [6, 6.07) is 6.42. The lowest BCUT2D eigenvalue weighted by molar-refractivity contribution is -0.106. The minimum Gasteiger partial charge on any atom is -0.497 e. The van der Waals surface area contributed by atoms with Crippen LogP contribution in [-0.2, 0) is 27.2 Å². The fraction of sp³-hybridized carbons (Fsp3) is 0.700. The van der Waals surface area contributed by atoms with Crippen molar-refractivity contribution in [3.05, 3.63) is 30.0 Å². The van der Waals surface area contributed by atoms with Gasteiger partial charge in [-0.25, -0.2) is 0 Å². The predicted octanol–water partition coefficient (Wildman–Crippen LogP) is 4.07. The zero-order valence-corrected chi connectivity index (χ0v) is 27.2. The van der Waals surface area contributed by atoms with Gasteiger partial charge in [-0.05, 0) is 64.9 Å². The number of ether oxygens (including phenoxy) is 3. The topological polar surface area (TPSA) is 85.4 Å². The van der Waals surface area contributed by atoms with Crippen molar-refractivity contribution in [1.82, 2.24) is 19.3 Å². The molecule has 1 aromatic carbocycles. The second kappa shape index (κ2) is 28.8. The molecule has 2 aromatic rings. The summed E-state index contributed by atoms with van der Waals surface area (Å²) >= 11 is 0. The number of primary amides is 1. The Kier molecular flexibility index (Phi) is 30.5. The van der Waals surface area contributed by atoms with Crippen molar-refractivity contribution < 1.29 is 19.0 Å². The van der Waals surface area contributed by atoms with Gasteiger partial charge in [0.1, 0.15) is 5.75 Å². The number of rotatable bonds is 8. The van der Waals surface area contributed by atoms with Crippen LogP contribution >= 0.6 is 0 Å². The summed E-state index contributed by atoms with van der Waals surface area (Å²) in [5.74, 6) is 0.930. The number of nitrogens with two attached hydrogens (primary N) is 1. The molecule has 1 saturated heterocycles. The molecule has 0 aliphatic carbocycles. The number of likely N-dealkylation sites (N-methyl/N-ethyl adjacent to an activating group) is 1. The molecule has 0 unspecified atom stereocenters. The fourth-order valence-electron chi connectivity index (χ4n) is 3.28. The Morgan fingerprint density at radius 1 is 0.974 bits per heavy atom. The number of hydrogen-bond donors (Lipinski definition) is 1. The highest BCUT2D eigenvalue weighted by Gasteiger charge is 2.13. The number of aromatic nitrogens is 1. The summed E-state index contributed by atoms with van der Waals surface area (Å²) in [6.07, 6.45) is 3.63. The average molecular weight is 556 g/mol. The molecule has 1 fully saturated rings. The van der Waals surface area contributed by atoms with E-state index >= 15 is 0 Å². The third-order valence-electron chi connectivity index (χ3n) is 5.39. The zero-order chi connectivity index (χ0) is 30.6. The normalized spacial score (nSPS) is 12.3. The molecule has 0 spiro atoms. The number of carbonyl (C=O) groups is 1. The highest BCUT2D eigenvalue weighted by Crippen LogP contribution is 2.26. The molecule has 1 aliphatic heterocycles. The van der Waals surface area contributed by atoms with E-state index in [1.165, 1.54) is 16.5 Å². The largest absolute Gasteiger partial charge is 0.497 e. The maximum atomic E-state index is 8.58. The number of nitrogens with zero attached hydrogens (tertiary/aromatic N) is 4. The molecule has 0 saturated carbocycles. The standard InChI is InChI=1S/C19H29N3O2.C4H11N.C2H6O.2C2H6.CH3NO/c1-20(2)7-6-16-15-22(9-8-21-10-12-24-13-11-21)19-5-4-17(23-3)14-18(16)19;1-4-5(2)3;1-3-2;2*1-2;2-1-3/h4-5,14-15H,6-13H2,1-3H3;4H2,1-3H3;1-2H3;2*1-2H3;1H,(H2,2,3). The van der Waals surface area contributed by atoms with Gasteiger partial charge >= 0.3 is 0 Å². The van der Waals surface area contributed by atoms with Crippen LogP contribution in [0.2, 0.25) is 0 Å². The Labute approximate surface area is 240 Å². The van der Waals surface area contributed by atoms with Crippen molar-refractivity contribution in [2.45, 2.75) is 47.6 Å². The van der Waals surface area contributed by atoms with E-state index < -0.39 is 0 Å². The summed E-state index contributed by atoms with van der Waals surface area (Å²) in [5.41, 5.74) is 6.87. The van der Waals surface area contributed by atoms with Gasteiger partial charge in [0.25, 0.3) is 0 Å². The molecule has 1 aliphatic rings. The zero-order valence-electron chi connectivity index (χ0n) is 27.2. The summed E-state index contributed by atoms with van der Waals surface area (Å²) in [6.45, 7) is 18.2. The highest BCUT2D eigenvalue weighted by atomic mass is 16.5. The first-order valence-corrected chi connectivity index (χ1v) is 14.1. The molecule has 2 heterocycles. The van der Waals surface area contributed by atoms with E-state index in [9.17, 15) is 0 Å². The van der Waals surface area contributed by atoms with Crippen LogP contribution in [0, 0.1) is 0 Å². The van der Waals surface area contributed by atoms with Crippen molar-refractivity contribution >= 4 is 17.3 Å². The first kappa shape index (κ1) is 41.3.